The van der Waals surface area contributed by atoms with E-state index in [0.717, 1.165) is 5.69 Å². The molecule has 0 aliphatic heterocycles. The smallest absolute Gasteiger partial charge is 0.148 e. The Labute approximate surface area is 83.4 Å². The Balaban J connectivity index is 0.000000791. The Bertz CT molecular complexity index is 282. The van der Waals surface area contributed by atoms with Gasteiger partial charge in [-0.3, -0.25) is 4.79 Å². The number of hydrogen-bond donors (Lipinski definition) is 1. The lowest BCUT2D eigenvalue weighted by atomic mass is 10.3. The van der Waals surface area contributed by atoms with Crippen LogP contribution in [0.5, 0.6) is 0 Å². The Kier molecular flexibility index (Phi) is 6.03. The number of carbonyl (C=O) groups is 1. The van der Waals surface area contributed by atoms with Crippen LogP contribution >= 0.6 is 0 Å². The van der Waals surface area contributed by atoms with E-state index < -0.39 is 0 Å². The summed E-state index contributed by atoms with van der Waals surface area (Å²) in [6.45, 7) is 7.78. The van der Waals surface area contributed by atoms with Crippen molar-refractivity contribution in [3.63, 3.8) is 0 Å². The molecule has 0 saturated heterocycles. The van der Waals surface area contributed by atoms with E-state index in [4.69, 9.17) is 0 Å². The van der Waals surface area contributed by atoms with E-state index in [9.17, 15) is 9.18 Å². The number of hydrogen-bond acceptors (Lipinski definition) is 2. The van der Waals surface area contributed by atoms with Crippen molar-refractivity contribution in [2.75, 3.05) is 11.9 Å². The Morgan fingerprint density at radius 2 is 1.86 bits per heavy atom. The second kappa shape index (κ2) is 6.83. The van der Waals surface area contributed by atoms with Crippen molar-refractivity contribution >= 4 is 11.5 Å². The van der Waals surface area contributed by atoms with Crippen LogP contribution in [0.4, 0.5) is 10.1 Å². The predicted molar refractivity (Wildman–Crippen MR) is 56.8 cm³/mol. The predicted octanol–water partition coefficient (Wildman–Crippen LogP) is 2.63. The maximum atomic E-state index is 12.4. The van der Waals surface area contributed by atoms with Crippen LogP contribution in [-0.4, -0.2) is 12.3 Å². The topological polar surface area (TPSA) is 29.1 Å². The van der Waals surface area contributed by atoms with Crippen LogP contribution in [0.25, 0.3) is 0 Å². The zero-order valence-corrected chi connectivity index (χ0v) is 8.22. The minimum absolute atomic E-state index is 0.0549. The molecule has 0 aromatic heterocycles. The molecular weight excluding hydrogens is 181 g/mol. The molecule has 14 heavy (non-hydrogen) atoms. The molecule has 0 aliphatic carbocycles. The zero-order valence-electron chi connectivity index (χ0n) is 8.22. The van der Waals surface area contributed by atoms with Crippen LogP contribution in [0.1, 0.15) is 6.92 Å². The highest BCUT2D eigenvalue weighted by atomic mass is 19.1. The van der Waals surface area contributed by atoms with Gasteiger partial charge in [0.05, 0.1) is 6.54 Å². The van der Waals surface area contributed by atoms with Crippen molar-refractivity contribution in [3.05, 3.63) is 43.2 Å². The van der Waals surface area contributed by atoms with Crippen molar-refractivity contribution in [3.8, 4) is 0 Å². The number of benzene rings is 1. The van der Waals surface area contributed by atoms with E-state index in [0.29, 0.717) is 0 Å². The van der Waals surface area contributed by atoms with Crippen molar-refractivity contribution in [2.24, 2.45) is 0 Å². The highest BCUT2D eigenvalue weighted by Gasteiger charge is 1.94. The maximum Gasteiger partial charge on any atom is 0.148 e. The highest BCUT2D eigenvalue weighted by molar-refractivity contribution is 5.80. The third-order valence-corrected chi connectivity index (χ3v) is 1.39. The standard InChI is InChI=1S/C9H10FNO.C2H4/c1-7(12)6-11-9-4-2-8(10)3-5-9;1-2/h2-5,11H,6H2,1H3;1-2H2. The molecular formula is C11H14FNO. The second-order valence-electron chi connectivity index (χ2n) is 2.56. The minimum Gasteiger partial charge on any atom is -0.378 e. The van der Waals surface area contributed by atoms with Crippen molar-refractivity contribution < 1.29 is 9.18 Å². The SMILES string of the molecule is C=C.CC(=O)CNc1ccc(F)cc1. The van der Waals surface area contributed by atoms with Gasteiger partial charge in [-0.2, -0.15) is 0 Å². The quantitative estimate of drug-likeness (QED) is 0.751. The molecule has 1 aromatic rings. The van der Waals surface area contributed by atoms with Crippen LogP contribution < -0.4 is 5.32 Å². The normalized spacial score (nSPS) is 8.43. The number of ketones is 1. The summed E-state index contributed by atoms with van der Waals surface area (Å²) in [5.74, 6) is -0.220. The van der Waals surface area contributed by atoms with E-state index in [-0.39, 0.29) is 18.1 Å². The first-order valence-corrected chi connectivity index (χ1v) is 4.17. The molecule has 0 bridgehead atoms. The molecule has 1 N–H and O–H groups in total. The largest absolute Gasteiger partial charge is 0.378 e. The van der Waals surface area contributed by atoms with Gasteiger partial charge < -0.3 is 5.32 Å². The third kappa shape index (κ3) is 5.09. The average molecular weight is 195 g/mol. The highest BCUT2D eigenvalue weighted by Crippen LogP contribution is 2.07. The summed E-state index contributed by atoms with van der Waals surface area (Å²) in [7, 11) is 0. The summed E-state index contributed by atoms with van der Waals surface area (Å²) < 4.78 is 12.4. The molecule has 1 aromatic carbocycles. The van der Waals surface area contributed by atoms with Gasteiger partial charge in [-0.15, -0.1) is 13.2 Å². The summed E-state index contributed by atoms with van der Waals surface area (Å²) in [6, 6.07) is 5.89. The lowest BCUT2D eigenvalue weighted by Crippen LogP contribution is -2.09. The van der Waals surface area contributed by atoms with Crippen molar-refractivity contribution in [2.45, 2.75) is 6.92 Å². The molecule has 0 amide bonds. The summed E-state index contributed by atoms with van der Waals surface area (Å²) in [5, 5.41) is 2.86. The molecule has 2 nitrogen and oxygen atoms in total. The van der Waals surface area contributed by atoms with Gasteiger partial charge in [-0.25, -0.2) is 4.39 Å². The monoisotopic (exact) mass is 195 g/mol. The van der Waals surface area contributed by atoms with E-state index >= 15 is 0 Å². The van der Waals surface area contributed by atoms with Crippen LogP contribution in [-0.2, 0) is 4.79 Å². The Morgan fingerprint density at radius 3 is 2.29 bits per heavy atom. The molecule has 0 fully saturated rings. The van der Waals surface area contributed by atoms with Crippen LogP contribution in [0.2, 0.25) is 0 Å². The van der Waals surface area contributed by atoms with Gasteiger partial charge in [-0.05, 0) is 31.2 Å². The molecule has 0 heterocycles. The van der Waals surface area contributed by atoms with Gasteiger partial charge in [0.25, 0.3) is 0 Å². The lowest BCUT2D eigenvalue weighted by Gasteiger charge is -2.02. The van der Waals surface area contributed by atoms with Gasteiger partial charge in [0, 0.05) is 5.69 Å². The fourth-order valence-corrected chi connectivity index (χ4v) is 0.794. The number of halogens is 1. The first-order valence-electron chi connectivity index (χ1n) is 4.17. The Morgan fingerprint density at radius 1 is 1.36 bits per heavy atom. The number of carbonyl (C=O) groups excluding carboxylic acids is 1. The molecule has 0 atom stereocenters. The second-order valence-corrected chi connectivity index (χ2v) is 2.56. The van der Waals surface area contributed by atoms with Crippen LogP contribution in [0, 0.1) is 5.82 Å². The first-order chi connectivity index (χ1) is 6.68. The van der Waals surface area contributed by atoms with Gasteiger partial charge in [0.1, 0.15) is 11.6 Å². The molecule has 1 rings (SSSR count). The van der Waals surface area contributed by atoms with Gasteiger partial charge in [-0.1, -0.05) is 0 Å². The average Bonchev–Trinajstić information content (AvgIpc) is 2.20. The van der Waals surface area contributed by atoms with Crippen molar-refractivity contribution in [1.82, 2.24) is 0 Å². The summed E-state index contributed by atoms with van der Waals surface area (Å²) in [4.78, 5) is 10.5. The molecule has 0 saturated carbocycles. The molecule has 76 valence electrons. The summed E-state index contributed by atoms with van der Waals surface area (Å²) in [6.07, 6.45) is 0. The van der Waals surface area contributed by atoms with E-state index in [1.807, 2.05) is 0 Å². The molecule has 0 spiro atoms. The zero-order chi connectivity index (χ0) is 11.0. The van der Waals surface area contributed by atoms with Gasteiger partial charge in [0.15, 0.2) is 0 Å². The summed E-state index contributed by atoms with van der Waals surface area (Å²) >= 11 is 0. The van der Waals surface area contributed by atoms with E-state index in [2.05, 4.69) is 18.5 Å². The molecule has 0 unspecified atom stereocenters. The maximum absolute atomic E-state index is 12.4. The molecule has 0 radical (unpaired) electrons. The fourth-order valence-electron chi connectivity index (χ4n) is 0.794. The van der Waals surface area contributed by atoms with E-state index in [1.54, 1.807) is 12.1 Å². The number of anilines is 1. The number of rotatable bonds is 3. The number of Topliss-reactive ketones (excluding diaryl/α,β-unsaturated/α-hetero) is 1. The molecule has 0 aliphatic rings. The molecule has 3 heteroatoms. The van der Waals surface area contributed by atoms with Crippen LogP contribution in [0.3, 0.4) is 0 Å². The van der Waals surface area contributed by atoms with Gasteiger partial charge in [0.2, 0.25) is 0 Å². The summed E-state index contributed by atoms with van der Waals surface area (Å²) in [5.41, 5.74) is 0.756. The van der Waals surface area contributed by atoms with Gasteiger partial charge >= 0.3 is 0 Å². The first kappa shape index (κ1) is 12.4. The lowest BCUT2D eigenvalue weighted by molar-refractivity contribution is -0.115. The van der Waals surface area contributed by atoms with E-state index in [1.165, 1.54) is 19.1 Å². The number of nitrogens with one attached hydrogen (secondary N) is 1. The van der Waals surface area contributed by atoms with Crippen molar-refractivity contribution in [1.29, 1.82) is 0 Å². The Hall–Kier alpha value is -1.64. The van der Waals surface area contributed by atoms with Crippen LogP contribution in [0.15, 0.2) is 37.4 Å². The fraction of sp³-hybridized carbons (Fsp3) is 0.182. The third-order valence-electron chi connectivity index (χ3n) is 1.39. The minimum atomic E-state index is -0.275.